The summed E-state index contributed by atoms with van der Waals surface area (Å²) in [4.78, 5) is 0. The monoisotopic (exact) mass is 329 g/mol. The van der Waals surface area contributed by atoms with Gasteiger partial charge in [0.15, 0.2) is 0 Å². The molecule has 1 fully saturated rings. The summed E-state index contributed by atoms with van der Waals surface area (Å²) in [5, 5.41) is 8.06. The molecule has 0 radical (unpaired) electrons. The van der Waals surface area contributed by atoms with Crippen LogP contribution in [0.4, 0.5) is 0 Å². The lowest BCUT2D eigenvalue weighted by atomic mass is 9.84. The van der Waals surface area contributed by atoms with Crippen molar-refractivity contribution < 1.29 is 4.74 Å². The standard InChI is InChI=1S/C14H24BrN3O/c1-4-16-11-5-6-14(2,9-11)13-12(15)10-17-18(13)7-8-19-3/h10-11,16H,4-9H2,1-3H3. The van der Waals surface area contributed by atoms with Crippen molar-refractivity contribution in [1.29, 1.82) is 0 Å². The van der Waals surface area contributed by atoms with Gasteiger partial charge in [0, 0.05) is 18.6 Å². The zero-order chi connectivity index (χ0) is 13.9. The van der Waals surface area contributed by atoms with Crippen LogP contribution >= 0.6 is 15.9 Å². The highest BCUT2D eigenvalue weighted by Gasteiger charge is 2.39. The highest BCUT2D eigenvalue weighted by molar-refractivity contribution is 9.10. The van der Waals surface area contributed by atoms with E-state index in [0.717, 1.165) is 17.6 Å². The molecular weight excluding hydrogens is 306 g/mol. The lowest BCUT2D eigenvalue weighted by Crippen LogP contribution is -2.30. The van der Waals surface area contributed by atoms with Crippen LogP contribution < -0.4 is 5.32 Å². The van der Waals surface area contributed by atoms with Gasteiger partial charge >= 0.3 is 0 Å². The van der Waals surface area contributed by atoms with Crippen molar-refractivity contribution in [3.05, 3.63) is 16.4 Å². The first kappa shape index (κ1) is 15.0. The van der Waals surface area contributed by atoms with Crippen LogP contribution in [-0.2, 0) is 16.7 Å². The molecule has 1 aromatic heterocycles. The number of ether oxygens (including phenoxy) is 1. The van der Waals surface area contributed by atoms with Crippen LogP contribution in [0.15, 0.2) is 10.7 Å². The second-order valence-corrected chi connectivity index (χ2v) is 6.47. The number of hydrogen-bond donors (Lipinski definition) is 1. The van der Waals surface area contributed by atoms with Gasteiger partial charge in [-0.2, -0.15) is 5.10 Å². The summed E-state index contributed by atoms with van der Waals surface area (Å²) in [6.07, 6.45) is 5.54. The van der Waals surface area contributed by atoms with Crippen LogP contribution in [0.1, 0.15) is 38.8 Å². The highest BCUT2D eigenvalue weighted by Crippen LogP contribution is 2.43. The Morgan fingerprint density at radius 1 is 1.63 bits per heavy atom. The largest absolute Gasteiger partial charge is 0.383 e. The van der Waals surface area contributed by atoms with E-state index in [4.69, 9.17) is 4.74 Å². The number of hydrogen-bond acceptors (Lipinski definition) is 3. The minimum Gasteiger partial charge on any atom is -0.383 e. The fourth-order valence-electron chi connectivity index (χ4n) is 3.23. The van der Waals surface area contributed by atoms with E-state index >= 15 is 0 Å². The molecule has 1 aliphatic rings. The molecule has 108 valence electrons. The summed E-state index contributed by atoms with van der Waals surface area (Å²) < 4.78 is 8.40. The van der Waals surface area contributed by atoms with Crippen molar-refractivity contribution in [3.63, 3.8) is 0 Å². The summed E-state index contributed by atoms with van der Waals surface area (Å²) in [7, 11) is 1.73. The molecule has 1 saturated carbocycles. The predicted octanol–water partition coefficient (Wildman–Crippen LogP) is 2.71. The molecule has 2 unspecified atom stereocenters. The Balaban J connectivity index is 2.18. The molecule has 1 aliphatic carbocycles. The van der Waals surface area contributed by atoms with E-state index in [-0.39, 0.29) is 5.41 Å². The fourth-order valence-corrected chi connectivity index (χ4v) is 4.00. The molecule has 2 rings (SSSR count). The van der Waals surface area contributed by atoms with Gasteiger partial charge < -0.3 is 10.1 Å². The fraction of sp³-hybridized carbons (Fsp3) is 0.786. The second kappa shape index (κ2) is 6.37. The quantitative estimate of drug-likeness (QED) is 0.872. The number of halogens is 1. The minimum atomic E-state index is 0.204. The van der Waals surface area contributed by atoms with Gasteiger partial charge in [0.05, 0.1) is 29.5 Å². The van der Waals surface area contributed by atoms with Gasteiger partial charge in [-0.15, -0.1) is 0 Å². The summed E-state index contributed by atoms with van der Waals surface area (Å²) in [5.74, 6) is 0. The van der Waals surface area contributed by atoms with E-state index in [9.17, 15) is 0 Å². The zero-order valence-corrected chi connectivity index (χ0v) is 13.7. The number of rotatable bonds is 6. The predicted molar refractivity (Wildman–Crippen MR) is 80.5 cm³/mol. The lowest BCUT2D eigenvalue weighted by molar-refractivity contribution is 0.180. The summed E-state index contributed by atoms with van der Waals surface area (Å²) in [6, 6.07) is 0.632. The third-order valence-corrected chi connectivity index (χ3v) is 4.69. The van der Waals surface area contributed by atoms with E-state index in [2.05, 4.69) is 44.9 Å². The second-order valence-electron chi connectivity index (χ2n) is 5.62. The normalized spacial score (nSPS) is 27.1. The van der Waals surface area contributed by atoms with E-state index < -0.39 is 0 Å². The third-order valence-electron chi connectivity index (χ3n) is 4.11. The maximum Gasteiger partial charge on any atom is 0.0659 e. The topological polar surface area (TPSA) is 39.1 Å². The molecule has 0 spiro atoms. The van der Waals surface area contributed by atoms with Crippen LogP contribution in [0.25, 0.3) is 0 Å². The molecule has 0 aromatic carbocycles. The first-order valence-corrected chi connectivity index (χ1v) is 7.84. The van der Waals surface area contributed by atoms with Crippen LogP contribution in [-0.4, -0.2) is 36.1 Å². The Labute approximate surface area is 124 Å². The first-order valence-electron chi connectivity index (χ1n) is 7.05. The van der Waals surface area contributed by atoms with Crippen molar-refractivity contribution in [2.24, 2.45) is 0 Å². The highest BCUT2D eigenvalue weighted by atomic mass is 79.9. The summed E-state index contributed by atoms with van der Waals surface area (Å²) >= 11 is 3.67. The molecule has 4 nitrogen and oxygen atoms in total. The Kier molecular flexibility index (Phi) is 5.03. The van der Waals surface area contributed by atoms with Crippen LogP contribution in [0.2, 0.25) is 0 Å². The van der Waals surface area contributed by atoms with Gasteiger partial charge in [0.2, 0.25) is 0 Å². The van der Waals surface area contributed by atoms with Gasteiger partial charge in [-0.1, -0.05) is 13.8 Å². The SMILES string of the molecule is CCNC1CCC(C)(c2c(Br)cnn2CCOC)C1. The van der Waals surface area contributed by atoms with E-state index in [1.54, 1.807) is 7.11 Å². The maximum absolute atomic E-state index is 5.18. The van der Waals surface area contributed by atoms with Gasteiger partial charge in [-0.3, -0.25) is 4.68 Å². The first-order chi connectivity index (χ1) is 9.10. The number of methoxy groups -OCH3 is 1. The molecule has 0 amide bonds. The molecule has 1 heterocycles. The minimum absolute atomic E-state index is 0.204. The summed E-state index contributed by atoms with van der Waals surface area (Å²) in [6.45, 7) is 7.10. The van der Waals surface area contributed by atoms with Crippen LogP contribution in [0.3, 0.4) is 0 Å². The van der Waals surface area contributed by atoms with Crippen molar-refractivity contribution in [2.45, 2.75) is 51.1 Å². The van der Waals surface area contributed by atoms with E-state index in [0.29, 0.717) is 12.6 Å². The molecule has 1 N–H and O–H groups in total. The Hall–Kier alpha value is -0.390. The average Bonchev–Trinajstić information content (AvgIpc) is 2.92. The number of nitrogens with zero attached hydrogens (tertiary/aromatic N) is 2. The van der Waals surface area contributed by atoms with E-state index in [1.807, 2.05) is 6.20 Å². The Morgan fingerprint density at radius 2 is 2.42 bits per heavy atom. The van der Waals surface area contributed by atoms with E-state index in [1.165, 1.54) is 25.0 Å². The Morgan fingerprint density at radius 3 is 3.11 bits per heavy atom. The van der Waals surface area contributed by atoms with Crippen molar-refractivity contribution in [2.75, 3.05) is 20.3 Å². The van der Waals surface area contributed by atoms with Crippen molar-refractivity contribution in [3.8, 4) is 0 Å². The van der Waals surface area contributed by atoms with Crippen molar-refractivity contribution >= 4 is 15.9 Å². The zero-order valence-electron chi connectivity index (χ0n) is 12.1. The third kappa shape index (κ3) is 3.20. The van der Waals surface area contributed by atoms with Gasteiger partial charge in [0.1, 0.15) is 0 Å². The molecule has 2 atom stereocenters. The maximum atomic E-state index is 5.18. The Bertz CT molecular complexity index is 421. The number of aromatic nitrogens is 2. The van der Waals surface area contributed by atoms with Crippen LogP contribution in [0.5, 0.6) is 0 Å². The molecule has 0 bridgehead atoms. The molecule has 5 heteroatoms. The smallest absolute Gasteiger partial charge is 0.0659 e. The van der Waals surface area contributed by atoms with Crippen LogP contribution in [0, 0.1) is 0 Å². The number of nitrogens with one attached hydrogen (secondary N) is 1. The summed E-state index contributed by atoms with van der Waals surface area (Å²) in [5.41, 5.74) is 1.53. The molecule has 1 aromatic rings. The van der Waals surface area contributed by atoms with Gasteiger partial charge in [0.25, 0.3) is 0 Å². The average molecular weight is 330 g/mol. The molecule has 0 aliphatic heterocycles. The van der Waals surface area contributed by atoms with Gasteiger partial charge in [-0.25, -0.2) is 0 Å². The molecule has 19 heavy (non-hydrogen) atoms. The molecule has 0 saturated heterocycles. The lowest BCUT2D eigenvalue weighted by Gasteiger charge is -2.26. The van der Waals surface area contributed by atoms with Crippen molar-refractivity contribution in [1.82, 2.24) is 15.1 Å². The van der Waals surface area contributed by atoms with Gasteiger partial charge in [-0.05, 0) is 41.7 Å². The molecular formula is C14H24BrN3O.